The van der Waals surface area contributed by atoms with Gasteiger partial charge in [0.25, 0.3) is 0 Å². The van der Waals surface area contributed by atoms with Gasteiger partial charge in [-0.2, -0.15) is 5.26 Å². The summed E-state index contributed by atoms with van der Waals surface area (Å²) in [6.45, 7) is 2.63. The lowest BCUT2D eigenvalue weighted by Gasteiger charge is -2.36. The van der Waals surface area contributed by atoms with Crippen LogP contribution in [0.1, 0.15) is 32.6 Å². The quantitative estimate of drug-likeness (QED) is 0.921. The zero-order valence-corrected chi connectivity index (χ0v) is 11.5. The molecule has 0 heterocycles. The Morgan fingerprint density at radius 2 is 2.30 bits per heavy atom. The van der Waals surface area contributed by atoms with Crippen molar-refractivity contribution in [1.82, 2.24) is 5.32 Å². The van der Waals surface area contributed by atoms with Gasteiger partial charge < -0.3 is 4.74 Å². The highest BCUT2D eigenvalue weighted by Crippen LogP contribution is 2.31. The average Bonchev–Trinajstić information content (AvgIpc) is 2.44. The molecular weight excluding hydrogens is 262 g/mol. The maximum absolute atomic E-state index is 13.6. The molecule has 5 heteroatoms. The fraction of sp³-hybridized carbons (Fsp3) is 0.533. The molecule has 1 aromatic rings. The van der Waals surface area contributed by atoms with Crippen LogP contribution in [0.2, 0.25) is 0 Å². The van der Waals surface area contributed by atoms with Crippen LogP contribution in [-0.2, 0) is 0 Å². The van der Waals surface area contributed by atoms with Gasteiger partial charge in [0.2, 0.25) is 0 Å². The normalized spacial score (nSPS) is 26.0. The minimum atomic E-state index is -0.624. The summed E-state index contributed by atoms with van der Waals surface area (Å²) in [5, 5.41) is 12.5. The van der Waals surface area contributed by atoms with Crippen LogP contribution < -0.4 is 10.1 Å². The van der Waals surface area contributed by atoms with Crippen LogP contribution in [0.5, 0.6) is 5.75 Å². The van der Waals surface area contributed by atoms with E-state index in [1.54, 1.807) is 0 Å². The van der Waals surface area contributed by atoms with Crippen molar-refractivity contribution in [2.45, 2.75) is 44.2 Å². The van der Waals surface area contributed by atoms with Crippen molar-refractivity contribution < 1.29 is 13.5 Å². The molecule has 0 aliphatic heterocycles. The van der Waals surface area contributed by atoms with Crippen LogP contribution in [0, 0.1) is 23.0 Å². The third-order valence-electron chi connectivity index (χ3n) is 3.62. The maximum atomic E-state index is 13.6. The lowest BCUT2D eigenvalue weighted by Crippen LogP contribution is -2.49. The zero-order chi connectivity index (χ0) is 14.6. The highest BCUT2D eigenvalue weighted by atomic mass is 19.1. The summed E-state index contributed by atoms with van der Waals surface area (Å²) in [4.78, 5) is 0. The van der Waals surface area contributed by atoms with Crippen molar-refractivity contribution in [3.05, 3.63) is 29.8 Å². The lowest BCUT2D eigenvalue weighted by molar-refractivity contribution is 0.109. The Morgan fingerprint density at radius 1 is 1.50 bits per heavy atom. The second-order valence-corrected chi connectivity index (χ2v) is 5.14. The second-order valence-electron chi connectivity index (χ2n) is 5.14. The zero-order valence-electron chi connectivity index (χ0n) is 11.5. The highest BCUT2D eigenvalue weighted by Gasteiger charge is 2.37. The number of hydrogen-bond donors (Lipinski definition) is 1. The molecule has 1 fully saturated rings. The van der Waals surface area contributed by atoms with Crippen LogP contribution in [0.4, 0.5) is 8.78 Å². The molecule has 1 aliphatic rings. The third kappa shape index (κ3) is 3.26. The smallest absolute Gasteiger partial charge is 0.165 e. The second kappa shape index (κ2) is 6.19. The molecule has 0 bridgehead atoms. The van der Waals surface area contributed by atoms with Crippen LogP contribution in [0.3, 0.4) is 0 Å². The van der Waals surface area contributed by atoms with Crippen molar-refractivity contribution in [1.29, 1.82) is 5.26 Å². The number of nitrogens with zero attached hydrogens (tertiary/aromatic N) is 1. The molecular formula is C15H18F2N2O. The Hall–Kier alpha value is -1.67. The van der Waals surface area contributed by atoms with Gasteiger partial charge in [0.1, 0.15) is 17.5 Å². The van der Waals surface area contributed by atoms with E-state index in [-0.39, 0.29) is 11.9 Å². The molecule has 0 spiro atoms. The number of nitrogens with one attached hydrogen (secondary N) is 1. The van der Waals surface area contributed by atoms with Crippen LogP contribution in [0.15, 0.2) is 18.2 Å². The first-order valence-corrected chi connectivity index (χ1v) is 6.86. The molecule has 1 saturated carbocycles. The van der Waals surface area contributed by atoms with Crippen molar-refractivity contribution in [3.8, 4) is 11.8 Å². The van der Waals surface area contributed by atoms with E-state index in [2.05, 4.69) is 11.4 Å². The van der Waals surface area contributed by atoms with E-state index in [4.69, 9.17) is 4.74 Å². The first kappa shape index (κ1) is 14.7. The van der Waals surface area contributed by atoms with Crippen molar-refractivity contribution in [3.63, 3.8) is 0 Å². The van der Waals surface area contributed by atoms with E-state index in [0.717, 1.165) is 37.5 Å². The molecule has 2 unspecified atom stereocenters. The van der Waals surface area contributed by atoms with Gasteiger partial charge in [-0.25, -0.2) is 8.78 Å². The average molecular weight is 280 g/mol. The minimum absolute atomic E-state index is 0.0831. The molecule has 0 radical (unpaired) electrons. The Bertz CT molecular complexity index is 511. The molecule has 1 N–H and O–H groups in total. The predicted octanol–water partition coefficient (Wildman–Crippen LogP) is 3.16. The summed E-state index contributed by atoms with van der Waals surface area (Å²) in [6.07, 6.45) is 2.52. The number of halogens is 2. The standard InChI is InChI=1S/C15H18F2N2O/c1-2-19-15(10-18)7-3-4-12(9-15)20-14-8-11(16)5-6-13(14)17/h5-6,8,12,19H,2-4,7,9H2,1H3. The van der Waals surface area contributed by atoms with Gasteiger partial charge in [-0.1, -0.05) is 6.92 Å². The molecule has 0 aromatic heterocycles. The number of nitriles is 1. The van der Waals surface area contributed by atoms with E-state index in [0.29, 0.717) is 13.0 Å². The van der Waals surface area contributed by atoms with Gasteiger partial charge in [0, 0.05) is 12.5 Å². The van der Waals surface area contributed by atoms with Gasteiger partial charge in [-0.15, -0.1) is 0 Å². The summed E-state index contributed by atoms with van der Waals surface area (Å²) in [6, 6.07) is 5.46. The Kier molecular flexibility index (Phi) is 4.56. The van der Waals surface area contributed by atoms with Crippen molar-refractivity contribution in [2.24, 2.45) is 0 Å². The summed E-state index contributed by atoms with van der Waals surface area (Å²) < 4.78 is 32.3. The number of ether oxygens (including phenoxy) is 1. The van der Waals surface area contributed by atoms with E-state index >= 15 is 0 Å². The van der Waals surface area contributed by atoms with Crippen LogP contribution in [0.25, 0.3) is 0 Å². The van der Waals surface area contributed by atoms with E-state index in [1.807, 2.05) is 6.92 Å². The number of benzene rings is 1. The molecule has 0 saturated heterocycles. The number of hydrogen-bond acceptors (Lipinski definition) is 3. The van der Waals surface area contributed by atoms with Gasteiger partial charge in [0.15, 0.2) is 11.6 Å². The van der Waals surface area contributed by atoms with Crippen LogP contribution in [-0.4, -0.2) is 18.2 Å². The molecule has 2 atom stereocenters. The fourth-order valence-corrected chi connectivity index (χ4v) is 2.71. The molecule has 1 aromatic carbocycles. The SMILES string of the molecule is CCNC1(C#N)CCCC(Oc2cc(F)ccc2F)C1. The molecule has 0 amide bonds. The number of rotatable bonds is 4. The molecule has 20 heavy (non-hydrogen) atoms. The molecule has 108 valence electrons. The Morgan fingerprint density at radius 3 is 3.00 bits per heavy atom. The lowest BCUT2D eigenvalue weighted by atomic mass is 9.81. The summed E-state index contributed by atoms with van der Waals surface area (Å²) in [7, 11) is 0. The Labute approximate surface area is 117 Å². The fourth-order valence-electron chi connectivity index (χ4n) is 2.71. The van der Waals surface area contributed by atoms with Gasteiger partial charge in [0.05, 0.1) is 6.07 Å². The van der Waals surface area contributed by atoms with Crippen molar-refractivity contribution in [2.75, 3.05) is 6.54 Å². The van der Waals surface area contributed by atoms with Crippen molar-refractivity contribution >= 4 is 0 Å². The topological polar surface area (TPSA) is 45.0 Å². The first-order valence-electron chi connectivity index (χ1n) is 6.86. The maximum Gasteiger partial charge on any atom is 0.165 e. The first-order chi connectivity index (χ1) is 9.58. The van der Waals surface area contributed by atoms with Gasteiger partial charge >= 0.3 is 0 Å². The Balaban J connectivity index is 2.10. The predicted molar refractivity (Wildman–Crippen MR) is 71.3 cm³/mol. The van der Waals surface area contributed by atoms with E-state index < -0.39 is 17.2 Å². The largest absolute Gasteiger partial charge is 0.487 e. The molecule has 2 rings (SSSR count). The minimum Gasteiger partial charge on any atom is -0.487 e. The van der Waals surface area contributed by atoms with Crippen LogP contribution >= 0.6 is 0 Å². The van der Waals surface area contributed by atoms with Gasteiger partial charge in [-0.3, -0.25) is 5.32 Å². The van der Waals surface area contributed by atoms with E-state index in [9.17, 15) is 14.0 Å². The summed E-state index contributed by atoms with van der Waals surface area (Å²) in [5.41, 5.74) is -0.624. The molecule has 3 nitrogen and oxygen atoms in total. The highest BCUT2D eigenvalue weighted by molar-refractivity contribution is 5.25. The third-order valence-corrected chi connectivity index (χ3v) is 3.62. The van der Waals surface area contributed by atoms with E-state index in [1.165, 1.54) is 0 Å². The summed E-state index contributed by atoms with van der Waals surface area (Å²) in [5.74, 6) is -1.20. The van der Waals surface area contributed by atoms with Gasteiger partial charge in [-0.05, 0) is 37.9 Å². The summed E-state index contributed by atoms with van der Waals surface area (Å²) >= 11 is 0. The monoisotopic (exact) mass is 280 g/mol. The molecule has 1 aliphatic carbocycles.